The first kappa shape index (κ1) is 16.8. The lowest BCUT2D eigenvalue weighted by molar-refractivity contribution is -0.128. The van der Waals surface area contributed by atoms with Crippen molar-refractivity contribution < 1.29 is 19.1 Å². The van der Waals surface area contributed by atoms with E-state index < -0.39 is 6.10 Å². The van der Waals surface area contributed by atoms with Crippen molar-refractivity contribution in [3.05, 3.63) is 54.1 Å². The molecule has 1 atom stereocenters. The van der Waals surface area contributed by atoms with E-state index in [4.69, 9.17) is 14.3 Å². The summed E-state index contributed by atoms with van der Waals surface area (Å²) in [4.78, 5) is 19.6. The summed E-state index contributed by atoms with van der Waals surface area (Å²) in [5, 5.41) is 4.10. The Kier molecular flexibility index (Phi) is 4.88. The summed E-state index contributed by atoms with van der Waals surface area (Å²) in [7, 11) is 4.92. The van der Waals surface area contributed by atoms with Gasteiger partial charge in [0.05, 0.1) is 19.9 Å². The second-order valence-electron chi connectivity index (χ2n) is 5.64. The van der Waals surface area contributed by atoms with Crippen molar-refractivity contribution in [1.82, 2.24) is 0 Å². The van der Waals surface area contributed by atoms with Gasteiger partial charge in [-0.2, -0.15) is 0 Å². The van der Waals surface area contributed by atoms with Crippen molar-refractivity contribution in [3.8, 4) is 11.5 Å². The highest BCUT2D eigenvalue weighted by atomic mass is 16.6. The number of rotatable bonds is 5. The molecule has 0 unspecified atom stereocenters. The molecule has 0 radical (unpaired) electrons. The van der Waals surface area contributed by atoms with Gasteiger partial charge in [0.15, 0.2) is 0 Å². The van der Waals surface area contributed by atoms with Crippen molar-refractivity contribution in [2.24, 2.45) is 5.16 Å². The Morgan fingerprint density at radius 1 is 1.16 bits per heavy atom. The normalized spacial score (nSPS) is 16.0. The van der Waals surface area contributed by atoms with Crippen molar-refractivity contribution in [1.29, 1.82) is 0 Å². The van der Waals surface area contributed by atoms with Crippen LogP contribution < -0.4 is 14.4 Å². The lowest BCUT2D eigenvalue weighted by Gasteiger charge is -2.19. The van der Waals surface area contributed by atoms with Crippen molar-refractivity contribution >= 4 is 17.3 Å². The number of likely N-dealkylation sites (N-methyl/N-ethyl adjacent to an activating group) is 1. The molecular weight excluding hydrogens is 320 g/mol. The molecule has 0 bridgehead atoms. The van der Waals surface area contributed by atoms with E-state index >= 15 is 0 Å². The van der Waals surface area contributed by atoms with E-state index in [0.717, 1.165) is 11.3 Å². The first-order valence-corrected chi connectivity index (χ1v) is 7.91. The third-order valence-corrected chi connectivity index (χ3v) is 4.14. The second kappa shape index (κ2) is 7.25. The molecule has 1 heterocycles. The Balaban J connectivity index is 1.76. The number of carbonyl (C=O) groups excluding carboxylic acids is 1. The number of carbonyl (C=O) groups is 1. The van der Waals surface area contributed by atoms with E-state index in [2.05, 4.69) is 5.16 Å². The van der Waals surface area contributed by atoms with E-state index in [0.29, 0.717) is 23.6 Å². The second-order valence-corrected chi connectivity index (χ2v) is 5.64. The third-order valence-electron chi connectivity index (χ3n) is 4.14. The van der Waals surface area contributed by atoms with Crippen molar-refractivity contribution in [2.75, 3.05) is 26.2 Å². The van der Waals surface area contributed by atoms with Gasteiger partial charge in [-0.3, -0.25) is 4.79 Å². The molecule has 6 nitrogen and oxygen atoms in total. The number of amides is 1. The number of nitrogens with zero attached hydrogens (tertiary/aromatic N) is 2. The molecule has 0 saturated carbocycles. The molecule has 130 valence electrons. The summed E-state index contributed by atoms with van der Waals surface area (Å²) in [5.74, 6) is 1.20. The van der Waals surface area contributed by atoms with Crippen LogP contribution in [0.5, 0.6) is 11.5 Å². The Labute approximate surface area is 146 Å². The summed E-state index contributed by atoms with van der Waals surface area (Å²) in [6.45, 7) is 0. The van der Waals surface area contributed by atoms with Crippen LogP contribution in [0.25, 0.3) is 0 Å². The molecule has 2 aromatic rings. The molecule has 0 saturated heterocycles. The zero-order valence-electron chi connectivity index (χ0n) is 14.4. The van der Waals surface area contributed by atoms with Crippen molar-refractivity contribution in [3.63, 3.8) is 0 Å². The summed E-state index contributed by atoms with van der Waals surface area (Å²) in [6.07, 6.45) is -0.282. The van der Waals surface area contributed by atoms with Gasteiger partial charge in [0.25, 0.3) is 5.91 Å². The maximum atomic E-state index is 12.7. The molecule has 2 aromatic carbocycles. The minimum Gasteiger partial charge on any atom is -0.497 e. The van der Waals surface area contributed by atoms with Crippen LogP contribution in [-0.2, 0) is 9.63 Å². The van der Waals surface area contributed by atoms with Crippen molar-refractivity contribution in [2.45, 2.75) is 12.5 Å². The highest BCUT2D eigenvalue weighted by molar-refractivity contribution is 6.08. The van der Waals surface area contributed by atoms with Gasteiger partial charge in [-0.15, -0.1) is 0 Å². The summed E-state index contributed by atoms with van der Waals surface area (Å²) in [6, 6.07) is 14.9. The fourth-order valence-electron chi connectivity index (χ4n) is 2.70. The lowest BCUT2D eigenvalue weighted by atomic mass is 10.0. The first-order valence-electron chi connectivity index (χ1n) is 7.91. The van der Waals surface area contributed by atoms with Gasteiger partial charge >= 0.3 is 0 Å². The maximum Gasteiger partial charge on any atom is 0.271 e. The summed E-state index contributed by atoms with van der Waals surface area (Å²) < 4.78 is 10.6. The molecule has 6 heteroatoms. The van der Waals surface area contributed by atoms with Gasteiger partial charge in [0.1, 0.15) is 11.5 Å². The molecule has 0 fully saturated rings. The molecule has 1 aliphatic heterocycles. The predicted octanol–water partition coefficient (Wildman–Crippen LogP) is 2.86. The van der Waals surface area contributed by atoms with Crippen LogP contribution in [0.15, 0.2) is 53.7 Å². The fourth-order valence-corrected chi connectivity index (χ4v) is 2.70. The number of para-hydroxylation sites is 1. The average molecular weight is 340 g/mol. The molecule has 0 spiro atoms. The van der Waals surface area contributed by atoms with Crippen LogP contribution in [-0.4, -0.2) is 39.0 Å². The number of methoxy groups -OCH3 is 2. The number of hydrogen-bond acceptors (Lipinski definition) is 5. The minimum absolute atomic E-state index is 0.146. The molecule has 0 N–H and O–H groups in total. The maximum absolute atomic E-state index is 12.7. The smallest absolute Gasteiger partial charge is 0.271 e. The SMILES string of the molecule is COc1ccc(OC)c(C2=NO[C@H](C(=O)N(C)c3ccccc3)C2)c1. The van der Waals surface area contributed by atoms with E-state index in [9.17, 15) is 4.79 Å². The molecule has 0 aliphatic carbocycles. The Bertz CT molecular complexity index is 789. The zero-order valence-corrected chi connectivity index (χ0v) is 14.4. The monoisotopic (exact) mass is 340 g/mol. The quantitative estimate of drug-likeness (QED) is 0.840. The number of benzene rings is 2. The van der Waals surface area contributed by atoms with Gasteiger partial charge in [-0.25, -0.2) is 0 Å². The summed E-state index contributed by atoms with van der Waals surface area (Å²) in [5.41, 5.74) is 2.23. The lowest BCUT2D eigenvalue weighted by Crippen LogP contribution is -2.36. The minimum atomic E-state index is -0.656. The number of ether oxygens (including phenoxy) is 2. The Morgan fingerprint density at radius 3 is 2.60 bits per heavy atom. The standard InChI is InChI=1S/C19H20N2O4/c1-21(13-7-5-4-6-8-13)19(22)18-12-16(20-25-18)15-11-14(23-2)9-10-17(15)24-3/h4-11,18H,12H2,1-3H3/t18-/m0/s1. The van der Waals surface area contributed by atoms with Crippen LogP contribution in [0.3, 0.4) is 0 Å². The number of anilines is 1. The van der Waals surface area contributed by atoms with Crippen LogP contribution in [0, 0.1) is 0 Å². The average Bonchev–Trinajstić information content (AvgIpc) is 3.17. The zero-order chi connectivity index (χ0) is 17.8. The number of hydrogen-bond donors (Lipinski definition) is 0. The first-order chi connectivity index (χ1) is 12.1. The van der Waals surface area contributed by atoms with E-state index in [1.165, 1.54) is 0 Å². The van der Waals surface area contributed by atoms with Crippen LogP contribution in [0.4, 0.5) is 5.69 Å². The fraction of sp³-hybridized carbons (Fsp3) is 0.263. The molecule has 0 aromatic heterocycles. The largest absolute Gasteiger partial charge is 0.497 e. The molecule has 1 amide bonds. The Hall–Kier alpha value is -3.02. The van der Waals surface area contributed by atoms with Crippen LogP contribution in [0.2, 0.25) is 0 Å². The molecule has 25 heavy (non-hydrogen) atoms. The van der Waals surface area contributed by atoms with Gasteiger partial charge in [-0.1, -0.05) is 23.4 Å². The molecule has 3 rings (SSSR count). The van der Waals surface area contributed by atoms with E-state index in [1.807, 2.05) is 48.5 Å². The topological polar surface area (TPSA) is 60.4 Å². The van der Waals surface area contributed by atoms with Crippen LogP contribution in [0.1, 0.15) is 12.0 Å². The Morgan fingerprint density at radius 2 is 1.92 bits per heavy atom. The van der Waals surface area contributed by atoms with Gasteiger partial charge in [0.2, 0.25) is 6.10 Å². The van der Waals surface area contributed by atoms with Gasteiger partial charge < -0.3 is 19.2 Å². The number of oxime groups is 1. The highest BCUT2D eigenvalue weighted by Gasteiger charge is 2.32. The third kappa shape index (κ3) is 3.42. The summed E-state index contributed by atoms with van der Waals surface area (Å²) >= 11 is 0. The van der Waals surface area contributed by atoms with Crippen LogP contribution >= 0.6 is 0 Å². The van der Waals surface area contributed by atoms with Gasteiger partial charge in [-0.05, 0) is 30.3 Å². The molecular formula is C19H20N2O4. The van der Waals surface area contributed by atoms with E-state index in [-0.39, 0.29) is 5.91 Å². The van der Waals surface area contributed by atoms with E-state index in [1.54, 1.807) is 26.2 Å². The molecule has 1 aliphatic rings. The predicted molar refractivity (Wildman–Crippen MR) is 95.4 cm³/mol. The van der Waals surface area contributed by atoms with Gasteiger partial charge in [0, 0.05) is 24.7 Å². The highest BCUT2D eigenvalue weighted by Crippen LogP contribution is 2.29.